The summed E-state index contributed by atoms with van der Waals surface area (Å²) in [4.78, 5) is 15.1. The first-order chi connectivity index (χ1) is 16.6. The molecule has 6 nitrogen and oxygen atoms in total. The monoisotopic (exact) mass is 478 g/mol. The Morgan fingerprint density at radius 2 is 1.79 bits per heavy atom. The highest BCUT2D eigenvalue weighted by Gasteiger charge is 2.37. The van der Waals surface area contributed by atoms with Crippen LogP contribution in [0.2, 0.25) is 5.02 Å². The van der Waals surface area contributed by atoms with E-state index in [1.54, 1.807) is 10.7 Å². The highest BCUT2D eigenvalue weighted by molar-refractivity contribution is 6.30. The first-order valence-corrected chi connectivity index (χ1v) is 12.4. The molecule has 2 fully saturated rings. The fraction of sp³-hybridized carbons (Fsp3) is 0.407. The minimum absolute atomic E-state index is 0.0545. The van der Waals surface area contributed by atoms with Crippen molar-refractivity contribution in [3.63, 3.8) is 0 Å². The third-order valence-electron chi connectivity index (χ3n) is 7.43. The first-order valence-electron chi connectivity index (χ1n) is 12.1. The van der Waals surface area contributed by atoms with Gasteiger partial charge in [0.1, 0.15) is 0 Å². The minimum Gasteiger partial charge on any atom is -0.378 e. The van der Waals surface area contributed by atoms with Crippen molar-refractivity contribution in [2.24, 2.45) is 5.73 Å². The third kappa shape index (κ3) is 4.63. The van der Waals surface area contributed by atoms with Gasteiger partial charge in [-0.15, -0.1) is 0 Å². The molecule has 2 aliphatic rings. The number of aromatic nitrogens is 2. The molecule has 178 valence electrons. The van der Waals surface area contributed by atoms with Crippen molar-refractivity contribution in [2.45, 2.75) is 37.1 Å². The number of nitrogens with zero attached hydrogens (tertiary/aromatic N) is 3. The van der Waals surface area contributed by atoms with E-state index in [4.69, 9.17) is 27.2 Å². The van der Waals surface area contributed by atoms with Crippen LogP contribution in [0.3, 0.4) is 0 Å². The van der Waals surface area contributed by atoms with Gasteiger partial charge in [-0.05, 0) is 61.6 Å². The molecule has 7 heteroatoms. The highest BCUT2D eigenvalue weighted by atomic mass is 35.5. The third-order valence-corrected chi connectivity index (χ3v) is 7.66. The summed E-state index contributed by atoms with van der Waals surface area (Å²) in [6, 6.07) is 19.9. The Morgan fingerprint density at radius 3 is 2.53 bits per heavy atom. The number of anilines is 1. The van der Waals surface area contributed by atoms with Gasteiger partial charge in [0.05, 0.1) is 24.9 Å². The van der Waals surface area contributed by atoms with Crippen LogP contribution in [0.4, 0.5) is 5.69 Å². The largest absolute Gasteiger partial charge is 0.378 e. The maximum atomic E-state index is 12.8. The molecule has 2 aromatic carbocycles. The van der Waals surface area contributed by atoms with Crippen molar-refractivity contribution < 1.29 is 4.74 Å². The summed E-state index contributed by atoms with van der Waals surface area (Å²) in [5.41, 5.74) is 10.3. The van der Waals surface area contributed by atoms with Gasteiger partial charge < -0.3 is 15.4 Å². The van der Waals surface area contributed by atoms with Gasteiger partial charge in [0, 0.05) is 47.4 Å². The second-order valence-electron chi connectivity index (χ2n) is 9.38. The lowest BCUT2D eigenvalue weighted by Crippen LogP contribution is -2.41. The quantitative estimate of drug-likeness (QED) is 0.588. The number of nitrogens with two attached hydrogens (primary N) is 1. The zero-order chi connectivity index (χ0) is 23.5. The van der Waals surface area contributed by atoms with Crippen LogP contribution in [0.15, 0.2) is 65.5 Å². The van der Waals surface area contributed by atoms with E-state index < -0.39 is 0 Å². The second-order valence-corrected chi connectivity index (χ2v) is 9.81. The van der Waals surface area contributed by atoms with Crippen LogP contribution < -0.4 is 16.2 Å². The zero-order valence-electron chi connectivity index (χ0n) is 19.3. The summed E-state index contributed by atoms with van der Waals surface area (Å²) in [6.45, 7) is 3.82. The summed E-state index contributed by atoms with van der Waals surface area (Å²) in [7, 11) is 0. The van der Waals surface area contributed by atoms with Gasteiger partial charge in [-0.1, -0.05) is 35.9 Å². The molecular formula is C27H31ClN4O2. The number of rotatable bonds is 5. The number of morpholine rings is 1. The Kier molecular flexibility index (Phi) is 6.73. The van der Waals surface area contributed by atoms with Crippen molar-refractivity contribution in [2.75, 3.05) is 37.7 Å². The summed E-state index contributed by atoms with van der Waals surface area (Å²) in [5.74, 6) is 0. The van der Waals surface area contributed by atoms with Gasteiger partial charge in [-0.2, -0.15) is 5.10 Å². The van der Waals surface area contributed by atoms with Gasteiger partial charge in [0.25, 0.3) is 5.56 Å². The molecule has 3 aromatic rings. The van der Waals surface area contributed by atoms with Crippen molar-refractivity contribution in [1.82, 2.24) is 9.78 Å². The molecular weight excluding hydrogens is 448 g/mol. The predicted molar refractivity (Wildman–Crippen MR) is 137 cm³/mol. The Balaban J connectivity index is 1.37. The number of benzene rings is 2. The average molecular weight is 479 g/mol. The molecule has 34 heavy (non-hydrogen) atoms. The smallest absolute Gasteiger partial charge is 0.267 e. The Labute approximate surface area is 205 Å². The zero-order valence-corrected chi connectivity index (χ0v) is 20.1. The Morgan fingerprint density at radius 1 is 1.03 bits per heavy atom. The van der Waals surface area contributed by atoms with Crippen LogP contribution in [0.5, 0.6) is 0 Å². The number of halogens is 1. The molecule has 1 aliphatic heterocycles. The van der Waals surface area contributed by atoms with E-state index in [-0.39, 0.29) is 17.0 Å². The van der Waals surface area contributed by atoms with Crippen molar-refractivity contribution >= 4 is 17.3 Å². The molecule has 2 N–H and O–H groups in total. The fourth-order valence-electron chi connectivity index (χ4n) is 5.35. The summed E-state index contributed by atoms with van der Waals surface area (Å²) < 4.78 is 7.17. The topological polar surface area (TPSA) is 73.4 Å². The van der Waals surface area contributed by atoms with Crippen LogP contribution in [-0.4, -0.2) is 42.6 Å². The van der Waals surface area contributed by atoms with E-state index in [1.165, 1.54) is 5.56 Å². The molecule has 0 unspecified atom stereocenters. The van der Waals surface area contributed by atoms with E-state index in [1.807, 2.05) is 24.3 Å². The van der Waals surface area contributed by atoms with E-state index in [2.05, 4.69) is 35.2 Å². The molecule has 0 amide bonds. The molecule has 5 rings (SSSR count). The average Bonchev–Trinajstić information content (AvgIpc) is 2.90. The van der Waals surface area contributed by atoms with Crippen LogP contribution >= 0.6 is 11.6 Å². The standard InChI is InChI=1S/C27H31ClN4O2/c28-22-5-2-4-21(18-22)27(19-29)11-9-23(10-12-27)32-26(33)8-7-25(30-32)20-3-1-6-24(17-20)31-13-15-34-16-14-31/h1-8,17-18,23H,9-16,19,29H2. The number of ether oxygens (including phenoxy) is 1. The van der Waals surface area contributed by atoms with Crippen molar-refractivity contribution in [3.05, 3.63) is 81.6 Å². The van der Waals surface area contributed by atoms with Crippen LogP contribution in [-0.2, 0) is 10.2 Å². The van der Waals surface area contributed by atoms with Gasteiger partial charge in [-0.25, -0.2) is 4.68 Å². The molecule has 1 saturated carbocycles. The summed E-state index contributed by atoms with van der Waals surface area (Å²) in [6.07, 6.45) is 3.51. The molecule has 2 heterocycles. The van der Waals surface area contributed by atoms with E-state index in [9.17, 15) is 4.79 Å². The summed E-state index contributed by atoms with van der Waals surface area (Å²) >= 11 is 6.26. The molecule has 1 aromatic heterocycles. The number of hydrogen-bond donors (Lipinski definition) is 1. The van der Waals surface area contributed by atoms with Gasteiger partial charge in [-0.3, -0.25) is 4.79 Å². The first kappa shape index (κ1) is 23.1. The van der Waals surface area contributed by atoms with Crippen LogP contribution in [0.25, 0.3) is 11.3 Å². The summed E-state index contributed by atoms with van der Waals surface area (Å²) in [5, 5.41) is 5.56. The van der Waals surface area contributed by atoms with Crippen LogP contribution in [0, 0.1) is 0 Å². The maximum absolute atomic E-state index is 12.8. The maximum Gasteiger partial charge on any atom is 0.267 e. The van der Waals surface area contributed by atoms with Crippen molar-refractivity contribution in [3.8, 4) is 11.3 Å². The van der Waals surface area contributed by atoms with Gasteiger partial charge >= 0.3 is 0 Å². The van der Waals surface area contributed by atoms with E-state index in [0.717, 1.165) is 74.0 Å². The Hall–Kier alpha value is -2.67. The molecule has 0 radical (unpaired) electrons. The van der Waals surface area contributed by atoms with Gasteiger partial charge in [0.2, 0.25) is 0 Å². The highest BCUT2D eigenvalue weighted by Crippen LogP contribution is 2.42. The predicted octanol–water partition coefficient (Wildman–Crippen LogP) is 4.41. The minimum atomic E-state index is -0.102. The molecule has 1 aliphatic carbocycles. The van der Waals surface area contributed by atoms with Crippen molar-refractivity contribution in [1.29, 1.82) is 0 Å². The lowest BCUT2D eigenvalue weighted by molar-refractivity contribution is 0.122. The normalized spacial score (nSPS) is 23.1. The number of hydrogen-bond acceptors (Lipinski definition) is 5. The fourth-order valence-corrected chi connectivity index (χ4v) is 5.54. The molecule has 0 spiro atoms. The molecule has 0 atom stereocenters. The SMILES string of the molecule is NCC1(c2cccc(Cl)c2)CCC(n2nc(-c3cccc(N4CCOCC4)c3)ccc2=O)CC1. The van der Waals surface area contributed by atoms with Gasteiger partial charge in [0.15, 0.2) is 0 Å². The van der Waals surface area contributed by atoms with E-state index >= 15 is 0 Å². The lowest BCUT2D eigenvalue weighted by Gasteiger charge is -2.40. The van der Waals surface area contributed by atoms with E-state index in [0.29, 0.717) is 6.54 Å². The second kappa shape index (κ2) is 9.90. The lowest BCUT2D eigenvalue weighted by atomic mass is 9.68. The molecule has 1 saturated heterocycles. The van der Waals surface area contributed by atoms with Crippen LogP contribution in [0.1, 0.15) is 37.3 Å². The Bertz CT molecular complexity index is 1200. The molecule has 0 bridgehead atoms.